The Morgan fingerprint density at radius 3 is 2.50 bits per heavy atom. The number of rotatable bonds is 6. The molecule has 0 atom stereocenters. The van der Waals surface area contributed by atoms with Gasteiger partial charge in [-0.25, -0.2) is 4.98 Å². The van der Waals surface area contributed by atoms with Crippen molar-refractivity contribution in [2.75, 3.05) is 32.7 Å². The van der Waals surface area contributed by atoms with Crippen LogP contribution in [0.4, 0.5) is 0 Å². The maximum Gasteiger partial charge on any atom is 0.178 e. The van der Waals surface area contributed by atoms with Gasteiger partial charge in [0.15, 0.2) is 5.78 Å². The van der Waals surface area contributed by atoms with E-state index in [-0.39, 0.29) is 5.78 Å². The Kier molecular flexibility index (Phi) is 5.62. The third-order valence-electron chi connectivity index (χ3n) is 5.72. The Bertz CT molecular complexity index is 949. The molecule has 0 radical (unpaired) electrons. The summed E-state index contributed by atoms with van der Waals surface area (Å²) in [7, 11) is 0. The van der Waals surface area contributed by atoms with Gasteiger partial charge < -0.3 is 4.57 Å². The number of ketones is 1. The largest absolute Gasteiger partial charge is 0.349 e. The van der Waals surface area contributed by atoms with Gasteiger partial charge in [0.05, 0.1) is 23.3 Å². The molecule has 0 N–H and O–H groups in total. The maximum atomic E-state index is 12.8. The predicted molar refractivity (Wildman–Crippen MR) is 115 cm³/mol. The number of carbonyl (C=O) groups excluding carboxylic acids is 1. The number of para-hydroxylation sites is 1. The number of benzene rings is 1. The van der Waals surface area contributed by atoms with Crippen LogP contribution in [-0.4, -0.2) is 57.9 Å². The zero-order chi connectivity index (χ0) is 19.7. The monoisotopic (exact) mass is 396 g/mol. The highest BCUT2D eigenvalue weighted by Gasteiger charge is 2.22. The van der Waals surface area contributed by atoms with Crippen LogP contribution in [0.15, 0.2) is 30.3 Å². The van der Waals surface area contributed by atoms with Gasteiger partial charge in [-0.1, -0.05) is 12.1 Å². The van der Waals surface area contributed by atoms with Crippen molar-refractivity contribution in [1.29, 1.82) is 0 Å². The van der Waals surface area contributed by atoms with Crippen LogP contribution < -0.4 is 0 Å². The third-order valence-corrected chi connectivity index (χ3v) is 6.74. The van der Waals surface area contributed by atoms with Crippen molar-refractivity contribution in [1.82, 2.24) is 19.4 Å². The minimum atomic E-state index is 0.243. The van der Waals surface area contributed by atoms with Gasteiger partial charge in [0.1, 0.15) is 5.01 Å². The summed E-state index contributed by atoms with van der Waals surface area (Å²) >= 11 is 1.78. The molecule has 4 rings (SSSR count). The van der Waals surface area contributed by atoms with E-state index in [9.17, 15) is 4.79 Å². The molecule has 1 aromatic carbocycles. The Hall–Kier alpha value is -2.02. The van der Waals surface area contributed by atoms with Crippen molar-refractivity contribution >= 4 is 27.3 Å². The van der Waals surface area contributed by atoms with Gasteiger partial charge in [-0.15, -0.1) is 11.3 Å². The molecule has 1 saturated heterocycles. The van der Waals surface area contributed by atoms with E-state index in [0.717, 1.165) is 56.0 Å². The van der Waals surface area contributed by atoms with Gasteiger partial charge in [-0.2, -0.15) is 0 Å². The molecule has 0 amide bonds. The van der Waals surface area contributed by atoms with Crippen molar-refractivity contribution in [3.8, 4) is 0 Å². The van der Waals surface area contributed by atoms with Crippen LogP contribution in [0.3, 0.4) is 0 Å². The Morgan fingerprint density at radius 1 is 1.11 bits per heavy atom. The fourth-order valence-electron chi connectivity index (χ4n) is 4.14. The minimum Gasteiger partial charge on any atom is -0.349 e. The zero-order valence-electron chi connectivity index (χ0n) is 16.9. The van der Waals surface area contributed by atoms with Crippen LogP contribution in [0, 0.1) is 13.8 Å². The number of Topliss-reactive ketones (excluding diaryl/α,β-unsaturated/α-hetero) is 1. The molecule has 6 heteroatoms. The average Bonchev–Trinajstić information content (AvgIpc) is 3.22. The fraction of sp³-hybridized carbons (Fsp3) is 0.455. The van der Waals surface area contributed by atoms with Crippen molar-refractivity contribution < 1.29 is 4.79 Å². The molecule has 0 unspecified atom stereocenters. The third kappa shape index (κ3) is 3.90. The number of piperazine rings is 1. The van der Waals surface area contributed by atoms with Gasteiger partial charge in [0, 0.05) is 49.7 Å². The molecule has 0 saturated carbocycles. The molecule has 0 bridgehead atoms. The summed E-state index contributed by atoms with van der Waals surface area (Å²) in [4.78, 5) is 22.3. The van der Waals surface area contributed by atoms with Crippen molar-refractivity contribution in [3.63, 3.8) is 0 Å². The highest BCUT2D eigenvalue weighted by atomic mass is 32.1. The lowest BCUT2D eigenvalue weighted by Crippen LogP contribution is -2.47. The Morgan fingerprint density at radius 2 is 1.82 bits per heavy atom. The minimum absolute atomic E-state index is 0.243. The molecule has 2 aromatic heterocycles. The summed E-state index contributed by atoms with van der Waals surface area (Å²) < 4.78 is 3.47. The molecule has 0 spiro atoms. The molecule has 1 aliphatic heterocycles. The molecule has 0 aliphatic carbocycles. The summed E-state index contributed by atoms with van der Waals surface area (Å²) in [6.45, 7) is 12.4. The molecular formula is C22H28N4OS. The van der Waals surface area contributed by atoms with E-state index < -0.39 is 0 Å². The number of nitrogens with zero attached hydrogens (tertiary/aromatic N) is 4. The SMILES string of the molecule is CCn1c(C)cc(C(=O)CN2CCN(Cc3nc4ccccc4s3)CC2)c1C. The summed E-state index contributed by atoms with van der Waals surface area (Å²) in [5.41, 5.74) is 4.25. The topological polar surface area (TPSA) is 41.4 Å². The van der Waals surface area contributed by atoms with E-state index >= 15 is 0 Å². The second-order valence-electron chi connectivity index (χ2n) is 7.58. The van der Waals surface area contributed by atoms with Crippen molar-refractivity contribution in [3.05, 3.63) is 52.3 Å². The standard InChI is InChI=1S/C22H28N4OS/c1-4-26-16(2)13-18(17(26)3)20(27)14-24-9-11-25(12-10-24)15-22-23-19-7-5-6-8-21(19)28-22/h5-8,13H,4,9-12,14-15H2,1-3H3. The number of aromatic nitrogens is 2. The number of hydrogen-bond donors (Lipinski definition) is 0. The van der Waals surface area contributed by atoms with Crippen LogP contribution in [0.25, 0.3) is 10.2 Å². The number of carbonyl (C=O) groups is 1. The molecule has 1 fully saturated rings. The Balaban J connectivity index is 1.32. The van der Waals surface area contributed by atoms with Crippen molar-refractivity contribution in [2.24, 2.45) is 0 Å². The quantitative estimate of drug-likeness (QED) is 0.595. The fourth-order valence-corrected chi connectivity index (χ4v) is 5.15. The lowest BCUT2D eigenvalue weighted by atomic mass is 10.1. The number of fused-ring (bicyclic) bond motifs is 1. The van der Waals surface area contributed by atoms with Crippen LogP contribution >= 0.6 is 11.3 Å². The summed E-state index contributed by atoms with van der Waals surface area (Å²) in [5, 5.41) is 1.18. The summed E-state index contributed by atoms with van der Waals surface area (Å²) in [5.74, 6) is 0.243. The normalized spacial score (nSPS) is 16.1. The number of thiazole rings is 1. The summed E-state index contributed by atoms with van der Waals surface area (Å²) in [6, 6.07) is 10.4. The average molecular weight is 397 g/mol. The first-order valence-corrected chi connectivity index (χ1v) is 10.9. The van der Waals surface area contributed by atoms with Crippen molar-refractivity contribution in [2.45, 2.75) is 33.9 Å². The van der Waals surface area contributed by atoms with Crippen LogP contribution in [0.5, 0.6) is 0 Å². The lowest BCUT2D eigenvalue weighted by Gasteiger charge is -2.33. The molecule has 5 nitrogen and oxygen atoms in total. The molecular weight excluding hydrogens is 368 g/mol. The smallest absolute Gasteiger partial charge is 0.178 e. The molecule has 1 aliphatic rings. The van der Waals surface area contributed by atoms with E-state index in [1.165, 1.54) is 15.4 Å². The molecule has 3 aromatic rings. The lowest BCUT2D eigenvalue weighted by molar-refractivity contribution is 0.0843. The summed E-state index contributed by atoms with van der Waals surface area (Å²) in [6.07, 6.45) is 0. The first kappa shape index (κ1) is 19.3. The first-order valence-electron chi connectivity index (χ1n) is 10.0. The highest BCUT2D eigenvalue weighted by molar-refractivity contribution is 7.18. The van der Waals surface area contributed by atoms with E-state index in [2.05, 4.69) is 53.3 Å². The van der Waals surface area contributed by atoms with E-state index in [1.54, 1.807) is 11.3 Å². The molecule has 3 heterocycles. The highest BCUT2D eigenvalue weighted by Crippen LogP contribution is 2.23. The predicted octanol–water partition coefficient (Wildman–Crippen LogP) is 3.74. The second-order valence-corrected chi connectivity index (χ2v) is 8.70. The maximum absolute atomic E-state index is 12.8. The second kappa shape index (κ2) is 8.15. The van der Waals surface area contributed by atoms with E-state index in [4.69, 9.17) is 4.98 Å². The van der Waals surface area contributed by atoms with E-state index in [0.29, 0.717) is 6.54 Å². The van der Waals surface area contributed by atoms with E-state index in [1.807, 2.05) is 12.1 Å². The number of hydrogen-bond acceptors (Lipinski definition) is 5. The molecule has 28 heavy (non-hydrogen) atoms. The zero-order valence-corrected chi connectivity index (χ0v) is 17.8. The van der Waals surface area contributed by atoms with Gasteiger partial charge in [0.25, 0.3) is 0 Å². The Labute approximate surface area is 170 Å². The van der Waals surface area contributed by atoms with Crippen LogP contribution in [0.1, 0.15) is 33.7 Å². The van der Waals surface area contributed by atoms with Crippen LogP contribution in [-0.2, 0) is 13.1 Å². The molecule has 148 valence electrons. The van der Waals surface area contributed by atoms with Gasteiger partial charge in [-0.3, -0.25) is 14.6 Å². The van der Waals surface area contributed by atoms with Gasteiger partial charge in [0.2, 0.25) is 0 Å². The number of aryl methyl sites for hydroxylation is 1. The van der Waals surface area contributed by atoms with Gasteiger partial charge >= 0.3 is 0 Å². The van der Waals surface area contributed by atoms with Crippen LogP contribution in [0.2, 0.25) is 0 Å². The first-order chi connectivity index (χ1) is 13.5. The van der Waals surface area contributed by atoms with Gasteiger partial charge in [-0.05, 0) is 39.0 Å².